The Balaban J connectivity index is 1.94. The summed E-state index contributed by atoms with van der Waals surface area (Å²) >= 11 is 1.22. The minimum Gasteiger partial charge on any atom is -0.493 e. The molecule has 0 spiro atoms. The first-order chi connectivity index (χ1) is 14.0. The predicted molar refractivity (Wildman–Crippen MR) is 109 cm³/mol. The van der Waals surface area contributed by atoms with E-state index < -0.39 is 5.97 Å². The summed E-state index contributed by atoms with van der Waals surface area (Å²) in [6.07, 6.45) is 1.71. The summed E-state index contributed by atoms with van der Waals surface area (Å²) in [6.45, 7) is 0. The smallest absolute Gasteiger partial charge is 0.335 e. The van der Waals surface area contributed by atoms with E-state index in [0.29, 0.717) is 43.3 Å². The monoisotopic (exact) mass is 412 g/mol. The van der Waals surface area contributed by atoms with E-state index in [1.807, 2.05) is 0 Å². The van der Waals surface area contributed by atoms with Crippen molar-refractivity contribution in [1.82, 2.24) is 9.38 Å². The molecule has 2 aromatic heterocycles. The molecular formula is C20H16N2O6S. The Kier molecular flexibility index (Phi) is 4.59. The lowest BCUT2D eigenvalue weighted by Gasteiger charge is -2.12. The Morgan fingerprint density at radius 1 is 1.10 bits per heavy atom. The SMILES string of the molecule is COc1cc(/C=c2\sc3nc4ccc(C(=O)O)cc4n3c2=O)cc(OC)c1OC. The number of aromatic carboxylic acids is 1. The molecule has 29 heavy (non-hydrogen) atoms. The van der Waals surface area contributed by atoms with Gasteiger partial charge in [0.25, 0.3) is 5.56 Å². The topological polar surface area (TPSA) is 99.4 Å². The van der Waals surface area contributed by atoms with Gasteiger partial charge < -0.3 is 19.3 Å². The Morgan fingerprint density at radius 2 is 1.79 bits per heavy atom. The number of thiazole rings is 1. The van der Waals surface area contributed by atoms with Gasteiger partial charge in [0.1, 0.15) is 0 Å². The Hall–Kier alpha value is -3.59. The average Bonchev–Trinajstić information content (AvgIpc) is 3.22. The summed E-state index contributed by atoms with van der Waals surface area (Å²) in [4.78, 5) is 29.2. The number of hydrogen-bond donors (Lipinski definition) is 1. The van der Waals surface area contributed by atoms with Gasteiger partial charge in [0.05, 0.1) is 42.5 Å². The van der Waals surface area contributed by atoms with Crippen molar-refractivity contribution in [3.05, 3.63) is 56.3 Å². The highest BCUT2D eigenvalue weighted by molar-refractivity contribution is 7.15. The van der Waals surface area contributed by atoms with Gasteiger partial charge in [0.2, 0.25) is 5.75 Å². The zero-order valence-electron chi connectivity index (χ0n) is 15.8. The molecule has 4 rings (SSSR count). The molecule has 0 aliphatic carbocycles. The van der Waals surface area contributed by atoms with Gasteiger partial charge in [0, 0.05) is 0 Å². The van der Waals surface area contributed by atoms with Gasteiger partial charge in [-0.3, -0.25) is 4.79 Å². The molecule has 2 heterocycles. The first-order valence-electron chi connectivity index (χ1n) is 8.47. The van der Waals surface area contributed by atoms with Crippen LogP contribution in [0.25, 0.3) is 22.1 Å². The van der Waals surface area contributed by atoms with Crippen molar-refractivity contribution >= 4 is 39.4 Å². The molecule has 0 saturated carbocycles. The molecule has 0 bridgehead atoms. The molecule has 4 aromatic rings. The zero-order chi connectivity index (χ0) is 20.7. The first kappa shape index (κ1) is 18.8. The summed E-state index contributed by atoms with van der Waals surface area (Å²) in [5.74, 6) is 0.350. The summed E-state index contributed by atoms with van der Waals surface area (Å²) in [5, 5.41) is 9.22. The number of methoxy groups -OCH3 is 3. The summed E-state index contributed by atoms with van der Waals surface area (Å²) in [7, 11) is 4.56. The van der Waals surface area contributed by atoms with Gasteiger partial charge >= 0.3 is 5.97 Å². The van der Waals surface area contributed by atoms with Gasteiger partial charge in [-0.15, -0.1) is 0 Å². The Labute approximate surface area is 168 Å². The minimum absolute atomic E-state index is 0.0973. The Morgan fingerprint density at radius 3 is 2.38 bits per heavy atom. The molecule has 0 saturated heterocycles. The molecule has 0 amide bonds. The molecular weight excluding hydrogens is 396 g/mol. The van der Waals surface area contributed by atoms with E-state index in [-0.39, 0.29) is 11.1 Å². The Bertz CT molecular complexity index is 1350. The van der Waals surface area contributed by atoms with Gasteiger partial charge in [-0.1, -0.05) is 11.3 Å². The van der Waals surface area contributed by atoms with E-state index in [9.17, 15) is 14.7 Å². The molecule has 0 aliphatic heterocycles. The van der Waals surface area contributed by atoms with Gasteiger partial charge in [0.15, 0.2) is 16.5 Å². The first-order valence-corrected chi connectivity index (χ1v) is 9.28. The van der Waals surface area contributed by atoms with Crippen LogP contribution in [0.2, 0.25) is 0 Å². The molecule has 0 fully saturated rings. The number of fused-ring (bicyclic) bond motifs is 3. The fourth-order valence-electron chi connectivity index (χ4n) is 3.13. The van der Waals surface area contributed by atoms with Crippen LogP contribution < -0.4 is 24.3 Å². The molecule has 0 unspecified atom stereocenters. The molecule has 2 aromatic carbocycles. The fourth-order valence-corrected chi connectivity index (χ4v) is 4.12. The highest BCUT2D eigenvalue weighted by Gasteiger charge is 2.15. The molecule has 8 nitrogen and oxygen atoms in total. The van der Waals surface area contributed by atoms with Crippen LogP contribution in [0, 0.1) is 0 Å². The van der Waals surface area contributed by atoms with E-state index in [1.54, 1.807) is 24.3 Å². The maximum Gasteiger partial charge on any atom is 0.335 e. The normalized spacial score (nSPS) is 11.9. The van der Waals surface area contributed by atoms with Crippen molar-refractivity contribution in [2.24, 2.45) is 0 Å². The van der Waals surface area contributed by atoms with Crippen molar-refractivity contribution in [1.29, 1.82) is 0 Å². The van der Waals surface area contributed by atoms with E-state index >= 15 is 0 Å². The van der Waals surface area contributed by atoms with Crippen molar-refractivity contribution in [2.75, 3.05) is 21.3 Å². The van der Waals surface area contributed by atoms with Crippen LogP contribution in [0.4, 0.5) is 0 Å². The number of hydrogen-bond acceptors (Lipinski definition) is 7. The molecule has 148 valence electrons. The van der Waals surface area contributed by atoms with Crippen LogP contribution in [0.3, 0.4) is 0 Å². The molecule has 9 heteroatoms. The number of carbonyl (C=O) groups is 1. The van der Waals surface area contributed by atoms with Crippen LogP contribution in [0.15, 0.2) is 35.1 Å². The molecule has 0 atom stereocenters. The largest absolute Gasteiger partial charge is 0.493 e. The van der Waals surface area contributed by atoms with Crippen molar-refractivity contribution in [3.8, 4) is 17.2 Å². The summed E-state index contributed by atoms with van der Waals surface area (Å²) in [6, 6.07) is 8.00. The number of carboxylic acid groups (broad SMARTS) is 1. The number of rotatable bonds is 5. The zero-order valence-corrected chi connectivity index (χ0v) is 16.6. The highest BCUT2D eigenvalue weighted by atomic mass is 32.1. The lowest BCUT2D eigenvalue weighted by Crippen LogP contribution is -2.22. The third kappa shape index (κ3) is 3.05. The lowest BCUT2D eigenvalue weighted by molar-refractivity contribution is 0.0697. The molecule has 0 aliphatic rings. The van der Waals surface area contributed by atoms with Crippen LogP contribution in [-0.4, -0.2) is 41.8 Å². The van der Waals surface area contributed by atoms with Gasteiger partial charge in [-0.05, 0) is 42.0 Å². The van der Waals surface area contributed by atoms with Crippen molar-refractivity contribution in [2.45, 2.75) is 0 Å². The van der Waals surface area contributed by atoms with Crippen molar-refractivity contribution in [3.63, 3.8) is 0 Å². The fraction of sp³-hybridized carbons (Fsp3) is 0.150. The van der Waals surface area contributed by atoms with E-state index in [0.717, 1.165) is 0 Å². The number of aromatic nitrogens is 2. The third-order valence-electron chi connectivity index (χ3n) is 4.47. The standard InChI is InChI=1S/C20H16N2O6S/c1-26-14-6-10(7-15(27-2)17(14)28-3)8-16-18(23)22-13-9-11(19(24)25)4-5-12(13)21-20(22)29-16/h4-9H,1-3H3,(H,24,25)/b16-8-. The van der Waals surface area contributed by atoms with Crippen LogP contribution in [0.5, 0.6) is 17.2 Å². The maximum atomic E-state index is 13.0. The van der Waals surface area contributed by atoms with Crippen LogP contribution >= 0.6 is 11.3 Å². The van der Waals surface area contributed by atoms with Crippen LogP contribution in [0.1, 0.15) is 15.9 Å². The van der Waals surface area contributed by atoms with Gasteiger partial charge in [-0.2, -0.15) is 0 Å². The second-order valence-corrected chi connectivity index (χ2v) is 7.12. The second-order valence-electron chi connectivity index (χ2n) is 6.11. The second kappa shape index (κ2) is 7.10. The van der Waals surface area contributed by atoms with Crippen LogP contribution in [-0.2, 0) is 0 Å². The molecule has 1 N–H and O–H groups in total. The molecule has 0 radical (unpaired) electrons. The van der Waals surface area contributed by atoms with Crippen molar-refractivity contribution < 1.29 is 24.1 Å². The maximum absolute atomic E-state index is 13.0. The number of carboxylic acids is 1. The summed E-state index contributed by atoms with van der Waals surface area (Å²) < 4.78 is 17.9. The highest BCUT2D eigenvalue weighted by Crippen LogP contribution is 2.38. The van der Waals surface area contributed by atoms with E-state index in [1.165, 1.54) is 49.2 Å². The van der Waals surface area contributed by atoms with E-state index in [4.69, 9.17) is 14.2 Å². The average molecular weight is 412 g/mol. The number of imidazole rings is 1. The van der Waals surface area contributed by atoms with Gasteiger partial charge in [-0.25, -0.2) is 14.2 Å². The lowest BCUT2D eigenvalue weighted by atomic mass is 10.1. The number of benzene rings is 2. The van der Waals surface area contributed by atoms with E-state index in [2.05, 4.69) is 4.98 Å². The number of nitrogens with zero attached hydrogens (tertiary/aromatic N) is 2. The minimum atomic E-state index is -1.06. The summed E-state index contributed by atoms with van der Waals surface area (Å²) in [5.41, 5.74) is 1.55. The quantitative estimate of drug-likeness (QED) is 0.536. The predicted octanol–water partition coefficient (Wildman–Crippen LogP) is 2.18. The third-order valence-corrected chi connectivity index (χ3v) is 5.44. The number of ether oxygens (including phenoxy) is 3.